The third-order valence-corrected chi connectivity index (χ3v) is 3.62. The van der Waals surface area contributed by atoms with E-state index in [1.165, 1.54) is 11.9 Å². The van der Waals surface area contributed by atoms with Gasteiger partial charge in [-0.1, -0.05) is 36.4 Å². The van der Waals surface area contributed by atoms with Gasteiger partial charge in [0.05, 0.1) is 0 Å². The van der Waals surface area contributed by atoms with Crippen molar-refractivity contribution >= 4 is 23.1 Å². The smallest absolute Gasteiger partial charge is 0.160 e. The summed E-state index contributed by atoms with van der Waals surface area (Å²) >= 11 is 0. The molecule has 0 aliphatic heterocycles. The molecule has 0 radical (unpaired) electrons. The van der Waals surface area contributed by atoms with Crippen LogP contribution in [0.4, 0.5) is 23.1 Å². The number of nitrogens with one attached hydrogen (secondary N) is 1. The van der Waals surface area contributed by atoms with Gasteiger partial charge in [-0.2, -0.15) is 0 Å². The van der Waals surface area contributed by atoms with Crippen molar-refractivity contribution in [1.82, 2.24) is 15.0 Å². The number of aromatic nitrogens is 3. The zero-order chi connectivity index (χ0) is 16.9. The molecule has 0 fully saturated rings. The molecule has 0 unspecified atom stereocenters. The predicted molar refractivity (Wildman–Crippen MR) is 97.3 cm³/mol. The molecule has 3 rings (SSSR count). The largest absolute Gasteiger partial charge is 0.393 e. The van der Waals surface area contributed by atoms with Gasteiger partial charge in [0, 0.05) is 19.3 Å². The summed E-state index contributed by atoms with van der Waals surface area (Å²) < 4.78 is 0. The molecule has 0 saturated heterocycles. The normalized spacial score (nSPS) is 10.4. The summed E-state index contributed by atoms with van der Waals surface area (Å²) in [6.07, 6.45) is 1.51. The van der Waals surface area contributed by atoms with Crippen molar-refractivity contribution in [2.24, 2.45) is 0 Å². The quantitative estimate of drug-likeness (QED) is 0.752. The maximum atomic E-state index is 6.27. The number of rotatable bonds is 5. The van der Waals surface area contributed by atoms with Crippen LogP contribution in [0.2, 0.25) is 0 Å². The second-order valence-corrected chi connectivity index (χ2v) is 5.59. The van der Waals surface area contributed by atoms with E-state index in [1.807, 2.05) is 55.3 Å². The van der Waals surface area contributed by atoms with E-state index in [0.717, 1.165) is 5.69 Å². The maximum absolute atomic E-state index is 6.27. The fraction of sp³-hybridized carbons (Fsp3) is 0.167. The minimum absolute atomic E-state index is 0.499. The Morgan fingerprint density at radius 2 is 1.83 bits per heavy atom. The van der Waals surface area contributed by atoms with Gasteiger partial charge < -0.3 is 16.0 Å². The minimum atomic E-state index is 0.499. The Kier molecular flexibility index (Phi) is 4.56. The van der Waals surface area contributed by atoms with Crippen LogP contribution >= 0.6 is 0 Å². The highest BCUT2D eigenvalue weighted by Crippen LogP contribution is 2.28. The first-order chi connectivity index (χ1) is 11.6. The summed E-state index contributed by atoms with van der Waals surface area (Å²) in [4.78, 5) is 15.0. The Hall–Kier alpha value is -3.15. The van der Waals surface area contributed by atoms with Gasteiger partial charge in [0.1, 0.15) is 17.8 Å². The van der Waals surface area contributed by atoms with E-state index < -0.39 is 0 Å². The third kappa shape index (κ3) is 3.60. The monoisotopic (exact) mass is 320 g/mol. The molecule has 0 spiro atoms. The van der Waals surface area contributed by atoms with E-state index in [9.17, 15) is 0 Å². The van der Waals surface area contributed by atoms with Crippen LogP contribution in [-0.4, -0.2) is 22.0 Å². The molecular weight excluding hydrogens is 300 g/mol. The van der Waals surface area contributed by atoms with Crippen LogP contribution in [0.3, 0.4) is 0 Å². The number of hydrogen-bond acceptors (Lipinski definition) is 6. The van der Waals surface area contributed by atoms with Crippen molar-refractivity contribution in [2.45, 2.75) is 13.5 Å². The molecule has 122 valence electrons. The molecule has 0 bridgehead atoms. The molecule has 3 N–H and O–H groups in total. The highest BCUT2D eigenvalue weighted by atomic mass is 15.2. The number of nitrogens with two attached hydrogens (primary N) is 1. The molecule has 2 aromatic heterocycles. The lowest BCUT2D eigenvalue weighted by molar-refractivity contribution is 0.894. The van der Waals surface area contributed by atoms with Gasteiger partial charge in [-0.15, -0.1) is 0 Å². The van der Waals surface area contributed by atoms with Crippen molar-refractivity contribution < 1.29 is 0 Å². The SMILES string of the molecule is Cc1cccc(Nc2ncnc(N(C)Cc3ccccc3)c2N)n1. The van der Waals surface area contributed by atoms with Crippen LogP contribution in [0.5, 0.6) is 0 Å². The molecule has 0 aliphatic carbocycles. The van der Waals surface area contributed by atoms with Crippen LogP contribution < -0.4 is 16.0 Å². The lowest BCUT2D eigenvalue weighted by atomic mass is 10.2. The topological polar surface area (TPSA) is 80.0 Å². The molecule has 0 saturated carbocycles. The number of nitrogens with zero attached hydrogens (tertiary/aromatic N) is 4. The van der Waals surface area contributed by atoms with Gasteiger partial charge in [0.2, 0.25) is 0 Å². The summed E-state index contributed by atoms with van der Waals surface area (Å²) in [5, 5.41) is 3.16. The van der Waals surface area contributed by atoms with Crippen LogP contribution in [-0.2, 0) is 6.54 Å². The number of anilines is 4. The highest BCUT2D eigenvalue weighted by molar-refractivity contribution is 5.77. The molecule has 0 aliphatic rings. The molecule has 2 heterocycles. The van der Waals surface area contributed by atoms with Gasteiger partial charge in [-0.25, -0.2) is 15.0 Å². The highest BCUT2D eigenvalue weighted by Gasteiger charge is 2.13. The fourth-order valence-electron chi connectivity index (χ4n) is 2.46. The van der Waals surface area contributed by atoms with Crippen molar-refractivity contribution in [2.75, 3.05) is 23.0 Å². The molecule has 6 nitrogen and oxygen atoms in total. The number of nitrogen functional groups attached to an aromatic ring is 1. The average Bonchev–Trinajstić information content (AvgIpc) is 2.58. The summed E-state index contributed by atoms with van der Waals surface area (Å²) in [5.74, 6) is 1.94. The second kappa shape index (κ2) is 6.95. The Morgan fingerprint density at radius 1 is 1.04 bits per heavy atom. The Labute approximate surface area is 141 Å². The summed E-state index contributed by atoms with van der Waals surface area (Å²) in [6, 6.07) is 15.9. The van der Waals surface area contributed by atoms with E-state index in [-0.39, 0.29) is 0 Å². The molecule has 6 heteroatoms. The van der Waals surface area contributed by atoms with Crippen molar-refractivity contribution in [3.05, 3.63) is 66.1 Å². The molecule has 1 aromatic carbocycles. The molecule has 3 aromatic rings. The first kappa shape index (κ1) is 15.7. The van der Waals surface area contributed by atoms with E-state index in [4.69, 9.17) is 5.73 Å². The Balaban J connectivity index is 1.82. The van der Waals surface area contributed by atoms with Crippen LogP contribution in [0.15, 0.2) is 54.9 Å². The van der Waals surface area contributed by atoms with Crippen LogP contribution in [0, 0.1) is 6.92 Å². The number of benzene rings is 1. The number of hydrogen-bond donors (Lipinski definition) is 2. The zero-order valence-corrected chi connectivity index (χ0v) is 13.8. The summed E-state index contributed by atoms with van der Waals surface area (Å²) in [7, 11) is 1.96. The van der Waals surface area contributed by atoms with Crippen molar-refractivity contribution in [3.8, 4) is 0 Å². The Bertz CT molecular complexity index is 819. The molecule has 0 atom stereocenters. The van der Waals surface area contributed by atoms with Gasteiger partial charge in [0.25, 0.3) is 0 Å². The average molecular weight is 320 g/mol. The summed E-state index contributed by atoms with van der Waals surface area (Å²) in [6.45, 7) is 2.65. The third-order valence-electron chi connectivity index (χ3n) is 3.62. The van der Waals surface area contributed by atoms with Crippen molar-refractivity contribution in [1.29, 1.82) is 0 Å². The standard InChI is InChI=1S/C18H20N6/c1-13-7-6-10-15(22-13)23-17-16(19)18(21-12-20-17)24(2)11-14-8-4-3-5-9-14/h3-10,12H,11,19H2,1-2H3,(H,20,21,22,23). The van der Waals surface area contributed by atoms with Gasteiger partial charge in [-0.05, 0) is 24.6 Å². The maximum Gasteiger partial charge on any atom is 0.160 e. The fourth-order valence-corrected chi connectivity index (χ4v) is 2.46. The van der Waals surface area contributed by atoms with E-state index in [1.54, 1.807) is 0 Å². The number of aryl methyl sites for hydroxylation is 1. The van der Waals surface area contributed by atoms with Crippen molar-refractivity contribution in [3.63, 3.8) is 0 Å². The van der Waals surface area contributed by atoms with E-state index in [0.29, 0.717) is 29.7 Å². The van der Waals surface area contributed by atoms with Gasteiger partial charge in [-0.3, -0.25) is 0 Å². The minimum Gasteiger partial charge on any atom is -0.393 e. The zero-order valence-electron chi connectivity index (χ0n) is 13.8. The Morgan fingerprint density at radius 3 is 2.58 bits per heavy atom. The van der Waals surface area contributed by atoms with E-state index >= 15 is 0 Å². The molecule has 24 heavy (non-hydrogen) atoms. The van der Waals surface area contributed by atoms with Crippen LogP contribution in [0.25, 0.3) is 0 Å². The molecule has 0 amide bonds. The van der Waals surface area contributed by atoms with E-state index in [2.05, 4.69) is 32.4 Å². The first-order valence-electron chi connectivity index (χ1n) is 7.69. The van der Waals surface area contributed by atoms with Gasteiger partial charge in [0.15, 0.2) is 11.6 Å². The number of pyridine rings is 1. The van der Waals surface area contributed by atoms with Crippen LogP contribution in [0.1, 0.15) is 11.3 Å². The van der Waals surface area contributed by atoms with Gasteiger partial charge >= 0.3 is 0 Å². The summed E-state index contributed by atoms with van der Waals surface area (Å²) in [5.41, 5.74) is 8.88. The predicted octanol–water partition coefficient (Wildman–Crippen LogP) is 3.14. The first-order valence-corrected chi connectivity index (χ1v) is 7.69. The lowest BCUT2D eigenvalue weighted by Crippen LogP contribution is -2.20. The molecular formula is C18H20N6. The second-order valence-electron chi connectivity index (χ2n) is 5.59. The lowest BCUT2D eigenvalue weighted by Gasteiger charge is -2.21.